The lowest BCUT2D eigenvalue weighted by Crippen LogP contribution is -2.24. The second-order valence-corrected chi connectivity index (χ2v) is 6.83. The van der Waals surface area contributed by atoms with E-state index in [4.69, 9.17) is 9.47 Å². The van der Waals surface area contributed by atoms with Gasteiger partial charge in [-0.2, -0.15) is 4.98 Å². The summed E-state index contributed by atoms with van der Waals surface area (Å²) in [4.78, 5) is 39.6. The predicted molar refractivity (Wildman–Crippen MR) is 113 cm³/mol. The van der Waals surface area contributed by atoms with Gasteiger partial charge in [-0.3, -0.25) is 25.0 Å². The van der Waals surface area contributed by atoms with Crippen molar-refractivity contribution in [1.29, 1.82) is 0 Å². The van der Waals surface area contributed by atoms with Gasteiger partial charge in [0, 0.05) is 11.6 Å². The average molecular weight is 438 g/mol. The van der Waals surface area contributed by atoms with Crippen LogP contribution in [-0.4, -0.2) is 45.7 Å². The Labute approximate surface area is 181 Å². The lowest BCUT2D eigenvalue weighted by Gasteiger charge is -2.12. The molecule has 2 amide bonds. The van der Waals surface area contributed by atoms with Crippen LogP contribution in [0.4, 0.5) is 17.3 Å². The summed E-state index contributed by atoms with van der Waals surface area (Å²) in [7, 11) is 2.90. The Balaban J connectivity index is 1.51. The number of anilines is 2. The maximum atomic E-state index is 12.6. The first kappa shape index (κ1) is 20.8. The third-order valence-electron chi connectivity index (χ3n) is 4.86. The van der Waals surface area contributed by atoms with E-state index in [2.05, 4.69) is 20.7 Å². The zero-order valence-corrected chi connectivity index (χ0v) is 17.1. The van der Waals surface area contributed by atoms with Gasteiger partial charge in [0.25, 0.3) is 11.6 Å². The third-order valence-corrected chi connectivity index (χ3v) is 4.86. The van der Waals surface area contributed by atoms with Gasteiger partial charge in [0.1, 0.15) is 17.5 Å². The van der Waals surface area contributed by atoms with Crippen LogP contribution >= 0.6 is 0 Å². The fourth-order valence-corrected chi connectivity index (χ4v) is 3.25. The van der Waals surface area contributed by atoms with Crippen molar-refractivity contribution in [3.63, 3.8) is 0 Å². The largest absolute Gasteiger partial charge is 0.497 e. The number of carbonyl (C=O) groups is 2. The first-order valence-electron chi connectivity index (χ1n) is 9.43. The molecule has 3 aromatic rings. The first-order valence-corrected chi connectivity index (χ1v) is 9.43. The number of hydrogen-bond acceptors (Lipinski definition) is 8. The maximum absolute atomic E-state index is 12.6. The number of non-ortho nitro benzene ring substituents is 1. The summed E-state index contributed by atoms with van der Waals surface area (Å²) in [6, 6.07) is 10.0. The monoisotopic (exact) mass is 438 g/mol. The Morgan fingerprint density at radius 2 is 1.97 bits per heavy atom. The highest BCUT2D eigenvalue weighted by Crippen LogP contribution is 2.31. The van der Waals surface area contributed by atoms with Gasteiger partial charge in [0.2, 0.25) is 11.9 Å². The van der Waals surface area contributed by atoms with Crippen molar-refractivity contribution in [3.8, 4) is 22.9 Å². The number of nitro benzene ring substituents is 1. The molecule has 12 heteroatoms. The van der Waals surface area contributed by atoms with E-state index in [-0.39, 0.29) is 29.5 Å². The molecule has 0 fully saturated rings. The third kappa shape index (κ3) is 3.93. The van der Waals surface area contributed by atoms with Crippen molar-refractivity contribution in [2.75, 3.05) is 24.9 Å². The van der Waals surface area contributed by atoms with Crippen LogP contribution in [-0.2, 0) is 9.59 Å². The molecule has 0 bridgehead atoms. The van der Waals surface area contributed by atoms with E-state index in [1.807, 2.05) is 0 Å². The smallest absolute Gasteiger partial charge is 0.273 e. The lowest BCUT2D eigenvalue weighted by molar-refractivity contribution is -0.384. The second-order valence-electron chi connectivity index (χ2n) is 6.83. The van der Waals surface area contributed by atoms with Gasteiger partial charge >= 0.3 is 0 Å². The Bertz CT molecular complexity index is 1210. The Morgan fingerprint density at radius 3 is 2.62 bits per heavy atom. The standard InChI is InChI=1S/C20H18N6O6/c1-31-13-6-3-11(4-7-13)18-22-20-23-19(28)15(25(20)24-18)10-17(27)21-14-8-5-12(26(29)30)9-16(14)32-2/h3-9,15H,10H2,1-2H3,(H,21,27)(H,22,23,24,28)/t15-/m1/s1. The first-order chi connectivity index (χ1) is 15.4. The maximum Gasteiger partial charge on any atom is 0.273 e. The van der Waals surface area contributed by atoms with Crippen LogP contribution in [0.15, 0.2) is 42.5 Å². The van der Waals surface area contributed by atoms with Crippen molar-refractivity contribution in [3.05, 3.63) is 52.6 Å². The van der Waals surface area contributed by atoms with Gasteiger partial charge in [0.05, 0.1) is 37.3 Å². The molecule has 12 nitrogen and oxygen atoms in total. The van der Waals surface area contributed by atoms with Gasteiger partial charge in [0.15, 0.2) is 5.82 Å². The fourth-order valence-electron chi connectivity index (χ4n) is 3.25. The number of nitrogens with one attached hydrogen (secondary N) is 2. The summed E-state index contributed by atoms with van der Waals surface area (Å²) < 4.78 is 11.6. The number of carbonyl (C=O) groups excluding carboxylic acids is 2. The highest BCUT2D eigenvalue weighted by atomic mass is 16.6. The summed E-state index contributed by atoms with van der Waals surface area (Å²) in [6.45, 7) is 0. The van der Waals surface area contributed by atoms with Crippen LogP contribution in [0.1, 0.15) is 12.5 Å². The van der Waals surface area contributed by atoms with Crippen LogP contribution in [0.3, 0.4) is 0 Å². The number of hydrogen-bond donors (Lipinski definition) is 2. The van der Waals surface area contributed by atoms with Crippen LogP contribution < -0.4 is 20.1 Å². The zero-order chi connectivity index (χ0) is 22.8. The van der Waals surface area contributed by atoms with E-state index >= 15 is 0 Å². The summed E-state index contributed by atoms with van der Waals surface area (Å²) in [5.41, 5.74) is 0.799. The molecule has 1 atom stereocenters. The average Bonchev–Trinajstić information content (AvgIpc) is 3.32. The van der Waals surface area contributed by atoms with Crippen molar-refractivity contribution in [2.45, 2.75) is 12.5 Å². The summed E-state index contributed by atoms with van der Waals surface area (Å²) in [5.74, 6) is 0.548. The van der Waals surface area contributed by atoms with Gasteiger partial charge < -0.3 is 14.8 Å². The molecule has 32 heavy (non-hydrogen) atoms. The molecule has 0 aliphatic carbocycles. The number of ether oxygens (including phenoxy) is 2. The van der Waals surface area contributed by atoms with Gasteiger partial charge in [-0.15, -0.1) is 5.10 Å². The summed E-state index contributed by atoms with van der Waals surface area (Å²) in [5, 5.41) is 20.5. The quantitative estimate of drug-likeness (QED) is 0.422. The number of methoxy groups -OCH3 is 2. The van der Waals surface area contributed by atoms with Gasteiger partial charge in [-0.1, -0.05) is 0 Å². The van der Waals surface area contributed by atoms with E-state index in [0.717, 1.165) is 5.56 Å². The summed E-state index contributed by atoms with van der Waals surface area (Å²) >= 11 is 0. The van der Waals surface area contributed by atoms with Crippen molar-refractivity contribution in [1.82, 2.24) is 14.8 Å². The minimum Gasteiger partial charge on any atom is -0.497 e. The van der Waals surface area contributed by atoms with E-state index in [9.17, 15) is 19.7 Å². The SMILES string of the molecule is COc1ccc(-c2nc3n(n2)[C@H](CC(=O)Nc2ccc([N+](=O)[O-])cc2OC)C(=O)N3)cc1. The number of nitrogens with zero attached hydrogens (tertiary/aromatic N) is 4. The van der Waals surface area contributed by atoms with Crippen LogP contribution in [0.2, 0.25) is 0 Å². The van der Waals surface area contributed by atoms with E-state index < -0.39 is 22.8 Å². The minimum absolute atomic E-state index is 0.131. The van der Waals surface area contributed by atoms with E-state index in [1.54, 1.807) is 31.4 Å². The van der Waals surface area contributed by atoms with Crippen molar-refractivity contribution < 1.29 is 24.0 Å². The van der Waals surface area contributed by atoms with Gasteiger partial charge in [-0.05, 0) is 30.3 Å². The predicted octanol–water partition coefficient (Wildman–Crippen LogP) is 2.39. The van der Waals surface area contributed by atoms with Crippen molar-refractivity contribution >= 4 is 29.1 Å². The lowest BCUT2D eigenvalue weighted by atomic mass is 10.2. The number of aromatic nitrogens is 3. The molecule has 2 heterocycles. The number of fused-ring (bicyclic) bond motifs is 1. The molecular formula is C20H18N6O6. The highest BCUT2D eigenvalue weighted by Gasteiger charge is 2.35. The number of rotatable bonds is 7. The molecule has 0 saturated carbocycles. The van der Waals surface area contributed by atoms with E-state index in [1.165, 1.54) is 30.0 Å². The molecule has 1 aliphatic rings. The molecule has 0 unspecified atom stereocenters. The van der Waals surface area contributed by atoms with Gasteiger partial charge in [-0.25, -0.2) is 4.68 Å². The molecule has 4 rings (SSSR count). The minimum atomic E-state index is -0.895. The number of nitro groups is 1. The zero-order valence-electron chi connectivity index (χ0n) is 17.1. The van der Waals surface area contributed by atoms with Crippen LogP contribution in [0.5, 0.6) is 11.5 Å². The number of benzene rings is 2. The molecule has 2 aromatic carbocycles. The van der Waals surface area contributed by atoms with E-state index in [0.29, 0.717) is 11.6 Å². The number of amides is 2. The normalized spacial score (nSPS) is 14.4. The topological polar surface area (TPSA) is 151 Å². The molecule has 0 spiro atoms. The molecular weight excluding hydrogens is 420 g/mol. The Hall–Kier alpha value is -4.48. The molecule has 164 valence electrons. The molecule has 0 radical (unpaired) electrons. The second kappa shape index (κ2) is 8.34. The molecule has 2 N–H and O–H groups in total. The summed E-state index contributed by atoms with van der Waals surface area (Å²) in [6.07, 6.45) is -0.218. The fraction of sp³-hybridized carbons (Fsp3) is 0.200. The highest BCUT2D eigenvalue weighted by molar-refractivity contribution is 6.01. The Morgan fingerprint density at radius 1 is 1.22 bits per heavy atom. The van der Waals surface area contributed by atoms with Crippen LogP contribution in [0, 0.1) is 10.1 Å². The van der Waals surface area contributed by atoms with Crippen LogP contribution in [0.25, 0.3) is 11.4 Å². The Kier molecular flexibility index (Phi) is 5.41. The van der Waals surface area contributed by atoms with Crippen molar-refractivity contribution in [2.24, 2.45) is 0 Å². The molecule has 0 saturated heterocycles. The molecule has 1 aliphatic heterocycles. The molecule has 1 aromatic heterocycles.